The number of rotatable bonds is 11. The van der Waals surface area contributed by atoms with Gasteiger partial charge in [-0.3, -0.25) is 27.9 Å². The van der Waals surface area contributed by atoms with Crippen LogP contribution in [0.4, 0.5) is 0 Å². The summed E-state index contributed by atoms with van der Waals surface area (Å²) < 4.78 is 8.77. The van der Waals surface area contributed by atoms with E-state index in [2.05, 4.69) is 9.97 Å². The van der Waals surface area contributed by atoms with Crippen molar-refractivity contribution in [3.63, 3.8) is 0 Å². The van der Waals surface area contributed by atoms with Crippen molar-refractivity contribution in [1.29, 1.82) is 0 Å². The Hall–Kier alpha value is -3.70. The van der Waals surface area contributed by atoms with Crippen LogP contribution < -0.4 is 22.5 Å². The summed E-state index contributed by atoms with van der Waals surface area (Å²) in [7, 11) is 6.78. The molecule has 0 aliphatic carbocycles. The standard InChI is InChI=1S/C24H34N8O4/c1-27-15-25-19-17(27)21(33)31(23(35)29(19)3)13-11-9-7-5-6-8-10-12-14-32-22(34)18-20(26-16-28(18)2)30(4)24(32)36/h15-16H,5-14H2,1-4H3. The summed E-state index contributed by atoms with van der Waals surface area (Å²) in [6, 6.07) is 0. The Morgan fingerprint density at radius 3 is 1.25 bits per heavy atom. The van der Waals surface area contributed by atoms with Crippen molar-refractivity contribution in [2.24, 2.45) is 28.2 Å². The maximum Gasteiger partial charge on any atom is 0.332 e. The third kappa shape index (κ3) is 4.59. The first-order valence-corrected chi connectivity index (χ1v) is 12.5. The topological polar surface area (TPSA) is 124 Å². The fourth-order valence-corrected chi connectivity index (χ4v) is 4.79. The smallest absolute Gasteiger partial charge is 0.328 e. The first-order valence-electron chi connectivity index (χ1n) is 12.5. The number of aryl methyl sites for hydroxylation is 4. The Balaban J connectivity index is 1.19. The number of nitrogens with zero attached hydrogens (tertiary/aromatic N) is 8. The molecule has 12 heteroatoms. The third-order valence-electron chi connectivity index (χ3n) is 6.92. The van der Waals surface area contributed by atoms with Gasteiger partial charge in [-0.15, -0.1) is 0 Å². The molecule has 0 spiro atoms. The number of aromatic nitrogens is 8. The Morgan fingerprint density at radius 2 is 0.889 bits per heavy atom. The average molecular weight is 499 g/mol. The largest absolute Gasteiger partial charge is 0.332 e. The van der Waals surface area contributed by atoms with E-state index >= 15 is 0 Å². The fraction of sp³-hybridized carbons (Fsp3) is 0.583. The predicted octanol–water partition coefficient (Wildman–Crippen LogP) is 1.00. The van der Waals surface area contributed by atoms with Crippen molar-refractivity contribution in [2.75, 3.05) is 0 Å². The molecule has 0 saturated carbocycles. The number of unbranched alkanes of at least 4 members (excludes halogenated alkanes) is 7. The second-order valence-electron chi connectivity index (χ2n) is 9.48. The van der Waals surface area contributed by atoms with Gasteiger partial charge >= 0.3 is 11.4 Å². The van der Waals surface area contributed by atoms with Crippen LogP contribution in [0.1, 0.15) is 51.4 Å². The van der Waals surface area contributed by atoms with E-state index in [0.717, 1.165) is 51.4 Å². The highest BCUT2D eigenvalue weighted by Crippen LogP contribution is 2.10. The molecule has 0 aromatic carbocycles. The van der Waals surface area contributed by atoms with Gasteiger partial charge in [-0.1, -0.05) is 38.5 Å². The van der Waals surface area contributed by atoms with E-state index in [4.69, 9.17) is 0 Å². The summed E-state index contributed by atoms with van der Waals surface area (Å²) in [4.78, 5) is 58.8. The number of imidazole rings is 2. The first kappa shape index (κ1) is 25.4. The van der Waals surface area contributed by atoms with E-state index in [1.165, 1.54) is 18.3 Å². The molecule has 0 saturated heterocycles. The van der Waals surface area contributed by atoms with Crippen molar-refractivity contribution in [2.45, 2.75) is 64.5 Å². The van der Waals surface area contributed by atoms with Gasteiger partial charge in [0.2, 0.25) is 0 Å². The summed E-state index contributed by atoms with van der Waals surface area (Å²) in [6.07, 6.45) is 10.7. The number of hydrogen-bond acceptors (Lipinski definition) is 6. The Bertz CT molecular complexity index is 1510. The lowest BCUT2D eigenvalue weighted by molar-refractivity contribution is 0.502. The van der Waals surface area contributed by atoms with E-state index < -0.39 is 0 Å². The van der Waals surface area contributed by atoms with Crippen molar-refractivity contribution in [1.82, 2.24) is 37.4 Å². The second-order valence-corrected chi connectivity index (χ2v) is 9.48. The molecule has 4 aromatic heterocycles. The number of hydrogen-bond donors (Lipinski definition) is 0. The van der Waals surface area contributed by atoms with E-state index in [0.29, 0.717) is 35.4 Å². The van der Waals surface area contributed by atoms with Crippen LogP contribution in [0, 0.1) is 0 Å². The molecule has 0 N–H and O–H groups in total. The van der Waals surface area contributed by atoms with Gasteiger partial charge in [-0.25, -0.2) is 19.6 Å². The molecule has 0 unspecified atom stereocenters. The summed E-state index contributed by atoms with van der Waals surface area (Å²) in [5.41, 5.74) is 0.465. The lowest BCUT2D eigenvalue weighted by Gasteiger charge is -2.09. The van der Waals surface area contributed by atoms with E-state index in [-0.39, 0.29) is 22.5 Å². The van der Waals surface area contributed by atoms with Crippen LogP contribution in [0.3, 0.4) is 0 Å². The second kappa shape index (κ2) is 10.5. The molecule has 0 aliphatic heterocycles. The molecule has 0 radical (unpaired) electrons. The molecule has 4 heterocycles. The van der Waals surface area contributed by atoms with Crippen LogP contribution in [0.2, 0.25) is 0 Å². The lowest BCUT2D eigenvalue weighted by Crippen LogP contribution is -2.39. The molecule has 0 fully saturated rings. The summed E-state index contributed by atoms with van der Waals surface area (Å²) in [6.45, 7) is 0.800. The van der Waals surface area contributed by atoms with Crippen molar-refractivity contribution in [3.8, 4) is 0 Å². The Labute approximate surface area is 207 Å². The maximum absolute atomic E-state index is 12.7. The van der Waals surface area contributed by atoms with Crippen LogP contribution >= 0.6 is 0 Å². The molecule has 36 heavy (non-hydrogen) atoms. The van der Waals surface area contributed by atoms with Gasteiger partial charge in [0.15, 0.2) is 22.3 Å². The molecule has 0 atom stereocenters. The Kier molecular flexibility index (Phi) is 7.41. The van der Waals surface area contributed by atoms with Gasteiger partial charge in [0, 0.05) is 41.3 Å². The fourth-order valence-electron chi connectivity index (χ4n) is 4.79. The van der Waals surface area contributed by atoms with E-state index in [1.54, 1.807) is 50.0 Å². The molecular weight excluding hydrogens is 464 g/mol. The number of fused-ring (bicyclic) bond motifs is 2. The summed E-state index contributed by atoms with van der Waals surface area (Å²) in [5, 5.41) is 0. The van der Waals surface area contributed by atoms with Crippen molar-refractivity contribution in [3.05, 3.63) is 54.3 Å². The monoisotopic (exact) mass is 498 g/mol. The molecule has 0 amide bonds. The van der Waals surface area contributed by atoms with Gasteiger partial charge in [0.1, 0.15) is 0 Å². The SMILES string of the molecule is Cn1cnc2c1c(=O)n(CCCCCCCCCCn1c(=O)c3c(ncn3C)n(C)c1=O)c(=O)n2C. The first-order chi connectivity index (χ1) is 17.2. The van der Waals surface area contributed by atoms with Gasteiger partial charge in [-0.05, 0) is 12.8 Å². The molecule has 194 valence electrons. The van der Waals surface area contributed by atoms with Crippen molar-refractivity contribution < 1.29 is 0 Å². The summed E-state index contributed by atoms with van der Waals surface area (Å²) in [5.74, 6) is 0. The highest BCUT2D eigenvalue weighted by molar-refractivity contribution is 5.70. The zero-order valence-electron chi connectivity index (χ0n) is 21.4. The molecule has 4 aromatic rings. The zero-order valence-corrected chi connectivity index (χ0v) is 21.4. The normalized spacial score (nSPS) is 11.8. The van der Waals surface area contributed by atoms with E-state index in [1.807, 2.05) is 0 Å². The molecular formula is C24H34N8O4. The predicted molar refractivity (Wildman–Crippen MR) is 137 cm³/mol. The van der Waals surface area contributed by atoms with Crippen LogP contribution in [-0.2, 0) is 41.3 Å². The van der Waals surface area contributed by atoms with Gasteiger partial charge in [-0.2, -0.15) is 0 Å². The zero-order chi connectivity index (χ0) is 26.0. The van der Waals surface area contributed by atoms with Gasteiger partial charge in [0.05, 0.1) is 12.7 Å². The third-order valence-corrected chi connectivity index (χ3v) is 6.92. The van der Waals surface area contributed by atoms with Gasteiger partial charge < -0.3 is 9.13 Å². The van der Waals surface area contributed by atoms with Crippen LogP contribution in [0.15, 0.2) is 31.8 Å². The quantitative estimate of drug-likeness (QED) is 0.284. The minimum Gasteiger partial charge on any atom is -0.328 e. The molecule has 0 bridgehead atoms. The van der Waals surface area contributed by atoms with Crippen LogP contribution in [0.5, 0.6) is 0 Å². The highest BCUT2D eigenvalue weighted by atomic mass is 16.2. The lowest BCUT2D eigenvalue weighted by atomic mass is 10.1. The maximum atomic E-state index is 12.7. The van der Waals surface area contributed by atoms with Crippen LogP contribution in [-0.4, -0.2) is 37.4 Å². The van der Waals surface area contributed by atoms with E-state index in [9.17, 15) is 19.2 Å². The minimum absolute atomic E-state index is 0.287. The molecule has 4 rings (SSSR count). The highest BCUT2D eigenvalue weighted by Gasteiger charge is 2.15. The van der Waals surface area contributed by atoms with Gasteiger partial charge in [0.25, 0.3) is 11.1 Å². The summed E-state index contributed by atoms with van der Waals surface area (Å²) >= 11 is 0. The Morgan fingerprint density at radius 1 is 0.556 bits per heavy atom. The molecule has 0 aliphatic rings. The molecule has 12 nitrogen and oxygen atoms in total. The minimum atomic E-state index is -0.331. The average Bonchev–Trinajstić information content (AvgIpc) is 3.44. The van der Waals surface area contributed by atoms with Crippen molar-refractivity contribution >= 4 is 22.3 Å². The van der Waals surface area contributed by atoms with Crippen LogP contribution in [0.25, 0.3) is 22.3 Å².